The van der Waals surface area contributed by atoms with Crippen LogP contribution in [0.1, 0.15) is 27.3 Å². The van der Waals surface area contributed by atoms with Gasteiger partial charge in [-0.25, -0.2) is 4.63 Å². The maximum atomic E-state index is 13.0. The number of rotatable bonds is 4. The third-order valence-electron chi connectivity index (χ3n) is 5.24. The second kappa shape index (κ2) is 7.94. The predicted molar refractivity (Wildman–Crippen MR) is 107 cm³/mol. The van der Waals surface area contributed by atoms with Gasteiger partial charge in [-0.05, 0) is 37.1 Å². The molecule has 1 aliphatic rings. The van der Waals surface area contributed by atoms with Gasteiger partial charge in [0.15, 0.2) is 0 Å². The molecule has 1 amide bonds. The van der Waals surface area contributed by atoms with Gasteiger partial charge in [0.2, 0.25) is 0 Å². The summed E-state index contributed by atoms with van der Waals surface area (Å²) in [6.07, 6.45) is 0. The molecular formula is C22H24N4O2. The fourth-order valence-corrected chi connectivity index (χ4v) is 3.55. The third-order valence-corrected chi connectivity index (χ3v) is 5.24. The Balaban J connectivity index is 1.41. The molecule has 28 heavy (non-hydrogen) atoms. The molecule has 0 saturated carbocycles. The molecule has 0 aliphatic carbocycles. The fraction of sp³-hybridized carbons (Fsp3) is 0.318. The number of benzene rings is 2. The highest BCUT2D eigenvalue weighted by Crippen LogP contribution is 2.22. The van der Waals surface area contributed by atoms with Gasteiger partial charge in [0, 0.05) is 38.3 Å². The van der Waals surface area contributed by atoms with Crippen LogP contribution in [0.2, 0.25) is 0 Å². The Morgan fingerprint density at radius 2 is 1.68 bits per heavy atom. The highest BCUT2D eigenvalue weighted by molar-refractivity contribution is 5.95. The maximum absolute atomic E-state index is 13.0. The average Bonchev–Trinajstić information content (AvgIpc) is 3.12. The van der Waals surface area contributed by atoms with Gasteiger partial charge in [-0.3, -0.25) is 9.69 Å². The lowest BCUT2D eigenvalue weighted by Crippen LogP contribution is -2.48. The summed E-state index contributed by atoms with van der Waals surface area (Å²) in [6, 6.07) is 16.3. The van der Waals surface area contributed by atoms with E-state index in [1.54, 1.807) is 0 Å². The van der Waals surface area contributed by atoms with Crippen molar-refractivity contribution in [1.29, 1.82) is 0 Å². The first-order valence-electron chi connectivity index (χ1n) is 9.57. The van der Waals surface area contributed by atoms with Gasteiger partial charge in [0.25, 0.3) is 5.91 Å². The van der Waals surface area contributed by atoms with E-state index >= 15 is 0 Å². The van der Waals surface area contributed by atoms with Crippen molar-refractivity contribution in [3.05, 3.63) is 71.0 Å². The van der Waals surface area contributed by atoms with Crippen LogP contribution in [0, 0.1) is 13.8 Å². The summed E-state index contributed by atoms with van der Waals surface area (Å²) in [6.45, 7) is 7.72. The molecule has 1 aromatic heterocycles. The number of aryl methyl sites for hydroxylation is 2. The number of carbonyl (C=O) groups excluding carboxylic acids is 1. The van der Waals surface area contributed by atoms with Gasteiger partial charge in [-0.15, -0.1) is 0 Å². The minimum absolute atomic E-state index is 0.0911. The molecule has 6 heteroatoms. The second-order valence-electron chi connectivity index (χ2n) is 7.31. The minimum atomic E-state index is 0.0911. The van der Waals surface area contributed by atoms with Crippen LogP contribution in [0.5, 0.6) is 0 Å². The van der Waals surface area contributed by atoms with Crippen LogP contribution in [-0.2, 0) is 6.54 Å². The summed E-state index contributed by atoms with van der Waals surface area (Å²) in [5.41, 5.74) is 5.85. The third kappa shape index (κ3) is 3.97. The lowest BCUT2D eigenvalue weighted by atomic mass is 10.0. The first-order valence-corrected chi connectivity index (χ1v) is 9.57. The number of piperazine rings is 1. The summed E-state index contributed by atoms with van der Waals surface area (Å²) in [4.78, 5) is 17.2. The summed E-state index contributed by atoms with van der Waals surface area (Å²) in [7, 11) is 0. The number of nitrogens with zero attached hydrogens (tertiary/aromatic N) is 4. The molecule has 2 heterocycles. The van der Waals surface area contributed by atoms with Gasteiger partial charge in [-0.1, -0.05) is 52.3 Å². The molecule has 2 aromatic carbocycles. The van der Waals surface area contributed by atoms with Crippen molar-refractivity contribution >= 4 is 5.91 Å². The monoisotopic (exact) mass is 376 g/mol. The average molecular weight is 376 g/mol. The van der Waals surface area contributed by atoms with Crippen molar-refractivity contribution in [3.63, 3.8) is 0 Å². The van der Waals surface area contributed by atoms with E-state index in [1.807, 2.05) is 36.1 Å². The fourth-order valence-electron chi connectivity index (χ4n) is 3.55. The van der Waals surface area contributed by atoms with Crippen molar-refractivity contribution < 1.29 is 9.42 Å². The standard InChI is InChI=1S/C22H24N4O2/c1-16-5-3-6-18(13-16)19-7-4-8-20(14-19)22(27)26-11-9-25(10-12-26)15-21-17(2)23-28-24-21/h3-8,13-14H,9-12,15H2,1-2H3. The molecule has 3 aromatic rings. The Labute approximate surface area is 164 Å². The summed E-state index contributed by atoms with van der Waals surface area (Å²) >= 11 is 0. The number of amides is 1. The van der Waals surface area contributed by atoms with Gasteiger partial charge in [-0.2, -0.15) is 0 Å². The molecular weight excluding hydrogens is 352 g/mol. The highest BCUT2D eigenvalue weighted by atomic mass is 16.6. The van der Waals surface area contributed by atoms with Crippen molar-refractivity contribution in [3.8, 4) is 11.1 Å². The van der Waals surface area contributed by atoms with Crippen LogP contribution in [0.3, 0.4) is 0 Å². The molecule has 1 aliphatic heterocycles. The van der Waals surface area contributed by atoms with E-state index < -0.39 is 0 Å². The van der Waals surface area contributed by atoms with Gasteiger partial charge in [0.05, 0.1) is 0 Å². The largest absolute Gasteiger partial charge is 0.336 e. The normalized spacial score (nSPS) is 15.0. The maximum Gasteiger partial charge on any atom is 0.253 e. The molecule has 1 saturated heterocycles. The topological polar surface area (TPSA) is 62.5 Å². The second-order valence-corrected chi connectivity index (χ2v) is 7.31. The SMILES string of the molecule is Cc1cccc(-c2cccc(C(=O)N3CCN(Cc4nonc4C)CC3)c2)c1. The van der Waals surface area contributed by atoms with Crippen molar-refractivity contribution in [2.75, 3.05) is 26.2 Å². The van der Waals surface area contributed by atoms with Crippen molar-refractivity contribution in [2.45, 2.75) is 20.4 Å². The zero-order valence-corrected chi connectivity index (χ0v) is 16.3. The van der Waals surface area contributed by atoms with E-state index in [1.165, 1.54) is 5.56 Å². The van der Waals surface area contributed by atoms with Crippen LogP contribution < -0.4 is 0 Å². The van der Waals surface area contributed by atoms with Crippen LogP contribution >= 0.6 is 0 Å². The van der Waals surface area contributed by atoms with Crippen molar-refractivity contribution in [1.82, 2.24) is 20.1 Å². The molecule has 6 nitrogen and oxygen atoms in total. The molecule has 0 N–H and O–H groups in total. The van der Waals surface area contributed by atoms with E-state index in [4.69, 9.17) is 4.63 Å². The molecule has 4 rings (SSSR count). The molecule has 0 unspecified atom stereocenters. The Hall–Kier alpha value is -2.99. The Kier molecular flexibility index (Phi) is 5.21. The smallest absolute Gasteiger partial charge is 0.253 e. The zero-order valence-electron chi connectivity index (χ0n) is 16.3. The number of aromatic nitrogens is 2. The summed E-state index contributed by atoms with van der Waals surface area (Å²) < 4.78 is 4.77. The van der Waals surface area contributed by atoms with E-state index in [9.17, 15) is 4.79 Å². The summed E-state index contributed by atoms with van der Waals surface area (Å²) in [5.74, 6) is 0.0911. The minimum Gasteiger partial charge on any atom is -0.336 e. The number of hydrogen-bond donors (Lipinski definition) is 0. The highest BCUT2D eigenvalue weighted by Gasteiger charge is 2.23. The summed E-state index contributed by atoms with van der Waals surface area (Å²) in [5, 5.41) is 7.77. The van der Waals surface area contributed by atoms with Crippen LogP contribution in [0.25, 0.3) is 11.1 Å². The van der Waals surface area contributed by atoms with Crippen LogP contribution in [0.15, 0.2) is 53.2 Å². The van der Waals surface area contributed by atoms with Crippen molar-refractivity contribution in [2.24, 2.45) is 0 Å². The van der Waals surface area contributed by atoms with E-state index in [-0.39, 0.29) is 5.91 Å². The molecule has 0 bridgehead atoms. The predicted octanol–water partition coefficient (Wildman–Crippen LogP) is 3.31. The Morgan fingerprint density at radius 3 is 2.36 bits per heavy atom. The van der Waals surface area contributed by atoms with Crippen LogP contribution in [0.4, 0.5) is 0 Å². The molecule has 144 valence electrons. The van der Waals surface area contributed by atoms with E-state index in [0.717, 1.165) is 41.2 Å². The Morgan fingerprint density at radius 1 is 0.964 bits per heavy atom. The zero-order chi connectivity index (χ0) is 19.5. The number of hydrogen-bond acceptors (Lipinski definition) is 5. The first kappa shape index (κ1) is 18.4. The molecule has 0 radical (unpaired) electrons. The first-order chi connectivity index (χ1) is 13.6. The van der Waals surface area contributed by atoms with E-state index in [2.05, 4.69) is 46.4 Å². The van der Waals surface area contributed by atoms with Gasteiger partial charge in [0.1, 0.15) is 11.4 Å². The molecule has 1 fully saturated rings. The number of carbonyl (C=O) groups is 1. The Bertz CT molecular complexity index is 974. The van der Waals surface area contributed by atoms with Crippen LogP contribution in [-0.4, -0.2) is 52.2 Å². The van der Waals surface area contributed by atoms with E-state index in [0.29, 0.717) is 19.6 Å². The lowest BCUT2D eigenvalue weighted by Gasteiger charge is -2.34. The molecule has 0 spiro atoms. The van der Waals surface area contributed by atoms with Gasteiger partial charge >= 0.3 is 0 Å². The van der Waals surface area contributed by atoms with Gasteiger partial charge < -0.3 is 4.90 Å². The lowest BCUT2D eigenvalue weighted by molar-refractivity contribution is 0.0625. The quantitative estimate of drug-likeness (QED) is 0.699. The molecule has 0 atom stereocenters.